The van der Waals surface area contributed by atoms with E-state index < -0.39 is 0 Å². The topological polar surface area (TPSA) is 28.7 Å². The predicted molar refractivity (Wildman–Crippen MR) is 135 cm³/mol. The Morgan fingerprint density at radius 1 is 0.594 bits per heavy atom. The molecule has 6 aromatic rings. The highest BCUT2D eigenvalue weighted by Gasteiger charge is 2.18. The lowest BCUT2D eigenvalue weighted by atomic mass is 9.96. The zero-order valence-electron chi connectivity index (χ0n) is 17.2. The fraction of sp³-hybridized carbons (Fsp3) is 0. The van der Waals surface area contributed by atoms with Crippen molar-refractivity contribution >= 4 is 33.1 Å². The summed E-state index contributed by atoms with van der Waals surface area (Å²) < 4.78 is 0. The molecule has 0 amide bonds. The number of halogens is 1. The van der Waals surface area contributed by atoms with Crippen molar-refractivity contribution in [3.63, 3.8) is 0 Å². The first-order chi connectivity index (χ1) is 15.8. The van der Waals surface area contributed by atoms with Crippen molar-refractivity contribution in [3.05, 3.63) is 114 Å². The van der Waals surface area contributed by atoms with Crippen LogP contribution in [0, 0.1) is 0 Å². The van der Waals surface area contributed by atoms with Gasteiger partial charge >= 0.3 is 0 Å². The fourth-order valence-corrected chi connectivity index (χ4v) is 4.61. The second-order valence-electron chi connectivity index (χ2n) is 7.88. The summed E-state index contributed by atoms with van der Waals surface area (Å²) in [6.45, 7) is 0. The average molecular weight is 431 g/mol. The normalized spacial score (nSPS) is 11.3. The van der Waals surface area contributed by atoms with Crippen LogP contribution in [0.25, 0.3) is 55.4 Å². The Hall–Kier alpha value is -3.88. The Morgan fingerprint density at radius 3 is 1.91 bits per heavy atom. The van der Waals surface area contributed by atoms with Gasteiger partial charge in [-0.25, -0.2) is 4.98 Å². The van der Waals surface area contributed by atoms with Crippen LogP contribution >= 0.6 is 11.6 Å². The summed E-state index contributed by atoms with van der Waals surface area (Å²) in [5.41, 5.74) is 5.07. The molecule has 32 heavy (non-hydrogen) atoms. The van der Waals surface area contributed by atoms with Gasteiger partial charge in [0.05, 0.1) is 11.4 Å². The summed E-state index contributed by atoms with van der Waals surface area (Å²) in [5.74, 6) is 0.854. The van der Waals surface area contributed by atoms with Gasteiger partial charge < -0.3 is 4.98 Å². The second-order valence-corrected chi connectivity index (χ2v) is 8.32. The van der Waals surface area contributed by atoms with Gasteiger partial charge in [-0.1, -0.05) is 103 Å². The van der Waals surface area contributed by atoms with E-state index in [1.165, 1.54) is 21.5 Å². The lowest BCUT2D eigenvalue weighted by Gasteiger charge is -2.09. The summed E-state index contributed by atoms with van der Waals surface area (Å²) in [5, 5.41) is 5.45. The predicted octanol–water partition coefficient (Wildman–Crippen LogP) is 8.37. The number of aromatic nitrogens is 2. The van der Waals surface area contributed by atoms with Gasteiger partial charge in [-0.15, -0.1) is 0 Å². The molecule has 0 atom stereocenters. The van der Waals surface area contributed by atoms with Crippen LogP contribution in [-0.2, 0) is 0 Å². The maximum atomic E-state index is 6.34. The molecule has 0 unspecified atom stereocenters. The number of hydrogen-bond donors (Lipinski definition) is 1. The first kappa shape index (κ1) is 18.9. The number of aromatic amines is 1. The van der Waals surface area contributed by atoms with Crippen LogP contribution in [0.4, 0.5) is 0 Å². The Morgan fingerprint density at radius 2 is 1.22 bits per heavy atom. The Bertz CT molecular complexity index is 1530. The first-order valence-electron chi connectivity index (χ1n) is 10.6. The molecular weight excluding hydrogens is 412 g/mol. The number of fused-ring (bicyclic) bond motifs is 2. The molecule has 0 aliphatic rings. The highest BCUT2D eigenvalue weighted by Crippen LogP contribution is 2.39. The van der Waals surface area contributed by atoms with Crippen molar-refractivity contribution in [1.82, 2.24) is 9.97 Å². The van der Waals surface area contributed by atoms with E-state index in [4.69, 9.17) is 16.6 Å². The van der Waals surface area contributed by atoms with Gasteiger partial charge in [0.2, 0.25) is 0 Å². The van der Waals surface area contributed by atoms with Crippen LogP contribution in [-0.4, -0.2) is 9.97 Å². The molecule has 0 aliphatic heterocycles. The van der Waals surface area contributed by atoms with Crippen LogP contribution in [0.2, 0.25) is 5.02 Å². The zero-order chi connectivity index (χ0) is 21.5. The summed E-state index contributed by atoms with van der Waals surface area (Å²) in [7, 11) is 0. The molecule has 0 bridgehead atoms. The minimum absolute atomic E-state index is 0.696. The molecule has 0 saturated heterocycles. The quantitative estimate of drug-likeness (QED) is 0.280. The first-order valence-corrected chi connectivity index (χ1v) is 11.0. The third-order valence-electron chi connectivity index (χ3n) is 5.87. The molecule has 6 rings (SSSR count). The number of nitrogens with one attached hydrogen (secondary N) is 1. The van der Waals surface area contributed by atoms with Gasteiger partial charge in [0.25, 0.3) is 0 Å². The third-order valence-corrected chi connectivity index (χ3v) is 6.11. The Balaban J connectivity index is 1.70. The minimum atomic E-state index is 0.696. The molecule has 0 spiro atoms. The van der Waals surface area contributed by atoms with E-state index in [1.807, 2.05) is 36.4 Å². The zero-order valence-corrected chi connectivity index (χ0v) is 18.0. The van der Waals surface area contributed by atoms with Crippen molar-refractivity contribution in [2.45, 2.75) is 0 Å². The maximum Gasteiger partial charge on any atom is 0.139 e. The summed E-state index contributed by atoms with van der Waals surface area (Å²) in [6, 6.07) is 37.4. The van der Waals surface area contributed by atoms with E-state index >= 15 is 0 Å². The Kier molecular flexibility index (Phi) is 4.52. The minimum Gasteiger partial charge on any atom is -0.337 e. The van der Waals surface area contributed by atoms with Crippen LogP contribution in [0.15, 0.2) is 109 Å². The summed E-state index contributed by atoms with van der Waals surface area (Å²) >= 11 is 6.34. The number of H-pyrrole nitrogens is 1. The van der Waals surface area contributed by atoms with E-state index in [9.17, 15) is 0 Å². The average Bonchev–Trinajstić information content (AvgIpc) is 3.28. The van der Waals surface area contributed by atoms with Crippen molar-refractivity contribution in [1.29, 1.82) is 0 Å². The molecule has 0 radical (unpaired) electrons. The van der Waals surface area contributed by atoms with E-state index in [-0.39, 0.29) is 0 Å². The highest BCUT2D eigenvalue weighted by molar-refractivity contribution is 6.30. The number of imidazole rings is 1. The molecule has 0 fully saturated rings. The van der Waals surface area contributed by atoms with Gasteiger partial charge in [0.15, 0.2) is 0 Å². The molecule has 0 aliphatic carbocycles. The van der Waals surface area contributed by atoms with E-state index in [0.717, 1.165) is 33.9 Å². The summed E-state index contributed by atoms with van der Waals surface area (Å²) in [6.07, 6.45) is 0. The van der Waals surface area contributed by atoms with Crippen LogP contribution in [0.5, 0.6) is 0 Å². The molecule has 5 aromatic carbocycles. The molecule has 2 nitrogen and oxygen atoms in total. The van der Waals surface area contributed by atoms with Crippen molar-refractivity contribution in [3.8, 4) is 33.9 Å². The van der Waals surface area contributed by atoms with Crippen molar-refractivity contribution in [2.24, 2.45) is 0 Å². The lowest BCUT2D eigenvalue weighted by Crippen LogP contribution is -1.87. The molecule has 0 saturated carbocycles. The molecule has 3 heteroatoms. The number of nitrogens with zero attached hydrogens (tertiary/aromatic N) is 1. The third kappa shape index (κ3) is 3.17. The highest BCUT2D eigenvalue weighted by atomic mass is 35.5. The van der Waals surface area contributed by atoms with Gasteiger partial charge in [-0.3, -0.25) is 0 Å². The van der Waals surface area contributed by atoms with Gasteiger partial charge in [-0.2, -0.15) is 0 Å². The van der Waals surface area contributed by atoms with Gasteiger partial charge in [-0.05, 0) is 39.7 Å². The molecule has 152 valence electrons. The fourth-order valence-electron chi connectivity index (χ4n) is 4.42. The van der Waals surface area contributed by atoms with Crippen LogP contribution in [0.1, 0.15) is 0 Å². The lowest BCUT2D eigenvalue weighted by molar-refractivity contribution is 1.32. The maximum absolute atomic E-state index is 6.34. The number of benzene rings is 5. The van der Waals surface area contributed by atoms with Crippen LogP contribution in [0.3, 0.4) is 0 Å². The SMILES string of the molecule is Clc1cccc(-c2nc(-c3c4ccccc4cc4ccccc34)[nH]c2-c2ccccc2)c1. The van der Waals surface area contributed by atoms with E-state index in [2.05, 4.69) is 77.8 Å². The largest absolute Gasteiger partial charge is 0.337 e. The van der Waals surface area contributed by atoms with E-state index in [0.29, 0.717) is 5.02 Å². The molecular formula is C29H19ClN2. The standard InChI is InChI=1S/C29H19ClN2/c30-23-14-8-13-22(18-23)28-27(19-9-2-1-3-10-19)31-29(32-28)26-24-15-6-4-11-20(24)17-21-12-5-7-16-25(21)26/h1-18H,(H,31,32). The smallest absolute Gasteiger partial charge is 0.139 e. The monoisotopic (exact) mass is 430 g/mol. The summed E-state index contributed by atoms with van der Waals surface area (Å²) in [4.78, 5) is 8.82. The van der Waals surface area contributed by atoms with Crippen molar-refractivity contribution in [2.75, 3.05) is 0 Å². The van der Waals surface area contributed by atoms with Crippen LogP contribution < -0.4 is 0 Å². The molecule has 1 N–H and O–H groups in total. The van der Waals surface area contributed by atoms with Gasteiger partial charge in [0, 0.05) is 21.7 Å². The van der Waals surface area contributed by atoms with Gasteiger partial charge in [0.1, 0.15) is 5.82 Å². The molecule has 1 heterocycles. The Labute approximate surface area is 191 Å². The number of hydrogen-bond acceptors (Lipinski definition) is 1. The number of rotatable bonds is 3. The second kappa shape index (κ2) is 7.67. The molecule has 1 aromatic heterocycles. The van der Waals surface area contributed by atoms with E-state index in [1.54, 1.807) is 0 Å². The van der Waals surface area contributed by atoms with Crippen molar-refractivity contribution < 1.29 is 0 Å².